The van der Waals surface area contributed by atoms with Crippen LogP contribution >= 0.6 is 39.0 Å². The quantitative estimate of drug-likeness (QED) is 0.616. The van der Waals surface area contributed by atoms with E-state index in [1.807, 2.05) is 41.8 Å². The maximum atomic E-state index is 12.8. The average molecular weight is 460 g/mol. The number of sulfone groups is 1. The molecule has 3 rings (SSSR count). The van der Waals surface area contributed by atoms with Gasteiger partial charge in [-0.1, -0.05) is 22.0 Å². The zero-order valence-corrected chi connectivity index (χ0v) is 17.5. The Morgan fingerprint density at radius 1 is 1.28 bits per heavy atom. The van der Waals surface area contributed by atoms with E-state index in [0.29, 0.717) is 18.7 Å². The van der Waals surface area contributed by atoms with Gasteiger partial charge in [-0.25, -0.2) is 8.42 Å². The number of thioether (sulfide) groups is 1. The fourth-order valence-electron chi connectivity index (χ4n) is 2.77. The molecule has 0 spiro atoms. The summed E-state index contributed by atoms with van der Waals surface area (Å²) in [5, 5.41) is 1.97. The minimum atomic E-state index is -3.03. The van der Waals surface area contributed by atoms with E-state index in [0.717, 1.165) is 14.2 Å². The lowest BCUT2D eigenvalue weighted by Crippen LogP contribution is -2.41. The molecule has 0 saturated carbocycles. The number of benzene rings is 1. The number of carbonyl (C=O) groups excluding carboxylic acids is 1. The zero-order chi connectivity index (χ0) is 17.9. The molecule has 2 aromatic rings. The molecule has 8 heteroatoms. The fourth-order valence-corrected chi connectivity index (χ4v) is 6.25. The topological polar surface area (TPSA) is 54.5 Å². The number of thiophene rings is 1. The molecule has 1 fully saturated rings. The van der Waals surface area contributed by atoms with Crippen LogP contribution in [0.25, 0.3) is 0 Å². The lowest BCUT2D eigenvalue weighted by Gasteiger charge is -2.28. The van der Waals surface area contributed by atoms with Crippen LogP contribution in [0.2, 0.25) is 0 Å². The van der Waals surface area contributed by atoms with Gasteiger partial charge in [-0.2, -0.15) is 0 Å². The molecule has 1 aromatic heterocycles. The first-order valence-corrected chi connectivity index (χ1v) is 12.3. The summed E-state index contributed by atoms with van der Waals surface area (Å²) in [6.07, 6.45) is 0.530. The Hall–Kier alpha value is -0.830. The van der Waals surface area contributed by atoms with E-state index in [2.05, 4.69) is 15.9 Å². The number of hydrogen-bond donors (Lipinski definition) is 0. The van der Waals surface area contributed by atoms with Gasteiger partial charge in [-0.05, 0) is 42.1 Å². The molecule has 1 amide bonds. The average Bonchev–Trinajstić information content (AvgIpc) is 3.21. The van der Waals surface area contributed by atoms with Crippen LogP contribution in [0.1, 0.15) is 11.3 Å². The normalized spacial score (nSPS) is 19.0. The molecule has 1 aliphatic rings. The van der Waals surface area contributed by atoms with Gasteiger partial charge in [-0.15, -0.1) is 23.1 Å². The summed E-state index contributed by atoms with van der Waals surface area (Å²) in [5.74, 6) is 0.547. The second-order valence-electron chi connectivity index (χ2n) is 5.90. The zero-order valence-electron chi connectivity index (χ0n) is 13.4. The Balaban J connectivity index is 1.69. The monoisotopic (exact) mass is 459 g/mol. The van der Waals surface area contributed by atoms with Crippen molar-refractivity contribution in [3.63, 3.8) is 0 Å². The van der Waals surface area contributed by atoms with Gasteiger partial charge in [0, 0.05) is 20.3 Å². The Morgan fingerprint density at radius 2 is 2.04 bits per heavy atom. The fraction of sp³-hybridized carbons (Fsp3) is 0.353. The van der Waals surface area contributed by atoms with Crippen LogP contribution in [0, 0.1) is 0 Å². The van der Waals surface area contributed by atoms with Crippen molar-refractivity contribution in [1.29, 1.82) is 0 Å². The second kappa shape index (κ2) is 8.24. The van der Waals surface area contributed by atoms with Crippen LogP contribution in [0.4, 0.5) is 0 Å². The molecule has 134 valence electrons. The highest BCUT2D eigenvalue weighted by atomic mass is 79.9. The van der Waals surface area contributed by atoms with Crippen molar-refractivity contribution in [2.75, 3.05) is 17.3 Å². The van der Waals surface area contributed by atoms with Crippen molar-refractivity contribution in [1.82, 2.24) is 4.90 Å². The van der Waals surface area contributed by atoms with Crippen LogP contribution in [0.15, 0.2) is 51.1 Å². The molecule has 1 unspecified atom stereocenters. The van der Waals surface area contributed by atoms with E-state index in [1.165, 1.54) is 11.8 Å². The first kappa shape index (κ1) is 18.9. The van der Waals surface area contributed by atoms with Crippen LogP contribution in [0.3, 0.4) is 0 Å². The van der Waals surface area contributed by atoms with Crippen molar-refractivity contribution in [3.8, 4) is 0 Å². The van der Waals surface area contributed by atoms with E-state index >= 15 is 0 Å². The maximum absolute atomic E-state index is 12.8. The largest absolute Gasteiger partial charge is 0.333 e. The summed E-state index contributed by atoms with van der Waals surface area (Å²) < 4.78 is 24.7. The van der Waals surface area contributed by atoms with Crippen molar-refractivity contribution in [2.24, 2.45) is 0 Å². The highest BCUT2D eigenvalue weighted by Gasteiger charge is 2.34. The SMILES string of the molecule is O=C(CSc1ccc(Br)cc1)N(Cc1cccs1)C1CCS(=O)(=O)C1. The lowest BCUT2D eigenvalue weighted by atomic mass is 10.2. The number of halogens is 1. The number of nitrogens with zero attached hydrogens (tertiary/aromatic N) is 1. The third-order valence-electron chi connectivity index (χ3n) is 4.05. The molecule has 4 nitrogen and oxygen atoms in total. The van der Waals surface area contributed by atoms with E-state index in [1.54, 1.807) is 16.2 Å². The van der Waals surface area contributed by atoms with Crippen LogP contribution in [0.5, 0.6) is 0 Å². The summed E-state index contributed by atoms with van der Waals surface area (Å²) in [5.41, 5.74) is 0. The molecule has 1 aliphatic heterocycles. The molecule has 0 radical (unpaired) electrons. The Morgan fingerprint density at radius 3 is 2.64 bits per heavy atom. The first-order chi connectivity index (χ1) is 11.9. The molecule has 1 aromatic carbocycles. The number of amides is 1. The van der Waals surface area contributed by atoms with Gasteiger partial charge in [0.1, 0.15) is 0 Å². The molecular formula is C17H18BrNO3S3. The Labute approximate surface area is 164 Å². The minimum Gasteiger partial charge on any atom is -0.333 e. The first-order valence-electron chi connectivity index (χ1n) is 7.83. The van der Waals surface area contributed by atoms with Gasteiger partial charge >= 0.3 is 0 Å². The Kier molecular flexibility index (Phi) is 6.25. The summed E-state index contributed by atoms with van der Waals surface area (Å²) >= 11 is 6.46. The molecule has 0 aliphatic carbocycles. The minimum absolute atomic E-state index is 0.0107. The molecule has 2 heterocycles. The van der Waals surface area contributed by atoms with Gasteiger partial charge in [0.15, 0.2) is 9.84 Å². The third kappa shape index (κ3) is 5.32. The molecule has 1 saturated heterocycles. The molecule has 1 atom stereocenters. The van der Waals surface area contributed by atoms with E-state index < -0.39 is 9.84 Å². The summed E-state index contributed by atoms with van der Waals surface area (Å²) in [6.45, 7) is 0.484. The smallest absolute Gasteiger partial charge is 0.233 e. The van der Waals surface area contributed by atoms with E-state index in [9.17, 15) is 13.2 Å². The van der Waals surface area contributed by atoms with Gasteiger partial charge in [0.25, 0.3) is 0 Å². The highest BCUT2D eigenvalue weighted by molar-refractivity contribution is 9.10. The second-order valence-corrected chi connectivity index (χ2v) is 11.1. The van der Waals surface area contributed by atoms with Crippen molar-refractivity contribution < 1.29 is 13.2 Å². The van der Waals surface area contributed by atoms with Gasteiger partial charge in [-0.3, -0.25) is 4.79 Å². The highest BCUT2D eigenvalue weighted by Crippen LogP contribution is 2.25. The summed E-state index contributed by atoms with van der Waals surface area (Å²) in [4.78, 5) is 16.7. The van der Waals surface area contributed by atoms with Crippen molar-refractivity contribution in [3.05, 3.63) is 51.1 Å². The molecular weight excluding hydrogens is 442 g/mol. The number of hydrogen-bond acceptors (Lipinski definition) is 5. The van der Waals surface area contributed by atoms with Crippen molar-refractivity contribution in [2.45, 2.75) is 23.9 Å². The van der Waals surface area contributed by atoms with E-state index in [-0.39, 0.29) is 23.5 Å². The van der Waals surface area contributed by atoms with Crippen molar-refractivity contribution >= 4 is 54.8 Å². The summed E-state index contributed by atoms with van der Waals surface area (Å²) in [7, 11) is -3.03. The number of rotatable bonds is 6. The van der Waals surface area contributed by atoms with Crippen LogP contribution in [-0.4, -0.2) is 42.5 Å². The van der Waals surface area contributed by atoms with E-state index in [4.69, 9.17) is 0 Å². The predicted molar refractivity (Wildman–Crippen MR) is 107 cm³/mol. The Bertz CT molecular complexity index is 819. The van der Waals surface area contributed by atoms with Gasteiger partial charge in [0.2, 0.25) is 5.91 Å². The van der Waals surface area contributed by atoms with Gasteiger partial charge in [0.05, 0.1) is 23.8 Å². The van der Waals surface area contributed by atoms with Crippen LogP contribution in [-0.2, 0) is 21.2 Å². The standard InChI is InChI=1S/C17H18BrNO3S3/c18-13-3-5-15(6-4-13)24-11-17(20)19(10-16-2-1-8-23-16)14-7-9-25(21,22)12-14/h1-6,8,14H,7,9-12H2. The lowest BCUT2D eigenvalue weighted by molar-refractivity contribution is -0.130. The molecule has 0 bridgehead atoms. The predicted octanol–water partition coefficient (Wildman–Crippen LogP) is 3.82. The summed E-state index contributed by atoms with van der Waals surface area (Å²) in [6, 6.07) is 11.5. The molecule has 0 N–H and O–H groups in total. The number of carbonyl (C=O) groups is 1. The maximum Gasteiger partial charge on any atom is 0.233 e. The molecule has 25 heavy (non-hydrogen) atoms. The van der Waals surface area contributed by atoms with Gasteiger partial charge < -0.3 is 4.90 Å². The van der Waals surface area contributed by atoms with Crippen LogP contribution < -0.4 is 0 Å². The third-order valence-corrected chi connectivity index (χ3v) is 8.19.